The average molecular weight is 792 g/mol. The van der Waals surface area contributed by atoms with E-state index in [1.54, 1.807) is 54.6 Å². The van der Waals surface area contributed by atoms with Gasteiger partial charge in [0.1, 0.15) is 5.82 Å². The molecule has 3 fully saturated rings. The van der Waals surface area contributed by atoms with Crippen molar-refractivity contribution in [2.75, 3.05) is 24.5 Å². The van der Waals surface area contributed by atoms with E-state index in [2.05, 4.69) is 5.43 Å². The van der Waals surface area contributed by atoms with Gasteiger partial charge in [-0.2, -0.15) is 5.01 Å². The molecule has 0 radical (unpaired) electrons. The number of nitrogens with zero attached hydrogens (tertiary/aromatic N) is 2. The number of fused-ring (bicyclic) bond motifs is 4. The fourth-order valence-corrected chi connectivity index (χ4v) is 9.32. The summed E-state index contributed by atoms with van der Waals surface area (Å²) < 4.78 is 24.7. The molecule has 2 heterocycles. The van der Waals surface area contributed by atoms with Crippen molar-refractivity contribution in [3.8, 4) is 17.2 Å². The quantitative estimate of drug-likeness (QED) is 0.107. The lowest BCUT2D eigenvalue weighted by atomic mass is 9.50. The first-order chi connectivity index (χ1) is 27.4. The molecule has 290 valence electrons. The van der Waals surface area contributed by atoms with E-state index in [0.717, 1.165) is 9.91 Å². The number of imide groups is 2. The number of hydrazine groups is 1. The summed E-state index contributed by atoms with van der Waals surface area (Å²) in [7, 11) is 0.966. The average Bonchev–Trinajstić information content (AvgIpc) is 3.59. The minimum atomic E-state index is -1.83. The summed E-state index contributed by atoms with van der Waals surface area (Å²) in [6, 6.07) is 21.0. The highest BCUT2D eigenvalue weighted by Crippen LogP contribution is 2.61. The Morgan fingerprint density at radius 2 is 1.58 bits per heavy atom. The Hall–Kier alpha value is -5.96. The van der Waals surface area contributed by atoms with Gasteiger partial charge < -0.3 is 24.6 Å². The van der Waals surface area contributed by atoms with Crippen molar-refractivity contribution < 1.29 is 48.2 Å². The van der Waals surface area contributed by atoms with Crippen LogP contribution in [0.25, 0.3) is 6.08 Å². The lowest BCUT2D eigenvalue weighted by Gasteiger charge is -2.49. The molecule has 0 aromatic heterocycles. The Balaban J connectivity index is 1.30. The highest BCUT2D eigenvalue weighted by molar-refractivity contribution is 6.58. The highest BCUT2D eigenvalue weighted by Gasteiger charge is 2.69. The maximum Gasteiger partial charge on any atom is 0.488 e. The zero-order chi connectivity index (χ0) is 40.3. The topological polar surface area (TPSA) is 166 Å². The molecule has 15 heteroatoms. The molecule has 0 bridgehead atoms. The fourth-order valence-electron chi connectivity index (χ4n) is 9.20. The van der Waals surface area contributed by atoms with Gasteiger partial charge in [-0.15, -0.1) is 0 Å². The zero-order valence-corrected chi connectivity index (χ0v) is 31.4. The number of carbonyl (C=O) groups is 4. The minimum Gasteiger partial charge on any atom is -0.502 e. The third kappa shape index (κ3) is 6.06. The summed E-state index contributed by atoms with van der Waals surface area (Å²) >= 11 is 6.37. The highest BCUT2D eigenvalue weighted by atomic mass is 35.5. The van der Waals surface area contributed by atoms with Crippen LogP contribution >= 0.6 is 11.6 Å². The van der Waals surface area contributed by atoms with Gasteiger partial charge in [-0.05, 0) is 96.0 Å². The lowest BCUT2D eigenvalue weighted by molar-refractivity contribution is -0.139. The molecule has 4 aromatic rings. The first-order valence-electron chi connectivity index (χ1n) is 18.2. The predicted molar refractivity (Wildman–Crippen MR) is 209 cm³/mol. The van der Waals surface area contributed by atoms with E-state index >= 15 is 4.79 Å². The molecule has 4 amide bonds. The second-order valence-electron chi connectivity index (χ2n) is 14.5. The number of aromatic hydroxyl groups is 1. The molecule has 57 heavy (non-hydrogen) atoms. The van der Waals surface area contributed by atoms with Gasteiger partial charge in [0, 0.05) is 10.9 Å². The van der Waals surface area contributed by atoms with E-state index in [9.17, 15) is 33.9 Å². The summed E-state index contributed by atoms with van der Waals surface area (Å²) in [5.41, 5.74) is 3.60. The van der Waals surface area contributed by atoms with Gasteiger partial charge in [-0.25, -0.2) is 4.39 Å². The second kappa shape index (κ2) is 14.5. The summed E-state index contributed by atoms with van der Waals surface area (Å²) in [5.74, 6) is -6.88. The van der Waals surface area contributed by atoms with Crippen LogP contribution in [-0.4, -0.2) is 65.1 Å². The van der Waals surface area contributed by atoms with Crippen molar-refractivity contribution >= 4 is 65.3 Å². The van der Waals surface area contributed by atoms with E-state index in [4.69, 9.17) is 21.1 Å². The summed E-state index contributed by atoms with van der Waals surface area (Å²) in [4.78, 5) is 59.8. The number of rotatable bonds is 9. The number of halogens is 2. The first kappa shape index (κ1) is 37.9. The van der Waals surface area contributed by atoms with Crippen molar-refractivity contribution in [1.29, 1.82) is 0 Å². The Bertz CT molecular complexity index is 2350. The molecule has 4 N–H and O–H groups in total. The van der Waals surface area contributed by atoms with Crippen molar-refractivity contribution in [3.63, 3.8) is 0 Å². The van der Waals surface area contributed by atoms with Gasteiger partial charge in [0.05, 0.1) is 48.8 Å². The maximum absolute atomic E-state index is 15.3. The maximum atomic E-state index is 15.3. The van der Waals surface area contributed by atoms with Crippen molar-refractivity contribution in [1.82, 2.24) is 5.01 Å². The number of phenols is 1. The number of phenolic OH excluding ortho intramolecular Hbond substituents is 1. The van der Waals surface area contributed by atoms with Crippen LogP contribution in [0.5, 0.6) is 17.2 Å². The van der Waals surface area contributed by atoms with Gasteiger partial charge in [-0.1, -0.05) is 59.7 Å². The summed E-state index contributed by atoms with van der Waals surface area (Å²) in [6.45, 7) is 0. The van der Waals surface area contributed by atoms with Gasteiger partial charge in [0.2, 0.25) is 17.6 Å². The number of carbonyl (C=O) groups excluding carboxylic acids is 4. The molecule has 6 unspecified atom stereocenters. The number of hydrogen-bond donors (Lipinski definition) is 4. The zero-order valence-electron chi connectivity index (χ0n) is 30.6. The van der Waals surface area contributed by atoms with E-state index in [1.807, 2.05) is 6.08 Å². The van der Waals surface area contributed by atoms with Crippen LogP contribution in [0.15, 0.2) is 103 Å². The number of amides is 4. The van der Waals surface area contributed by atoms with Gasteiger partial charge in [0.15, 0.2) is 11.5 Å². The van der Waals surface area contributed by atoms with E-state index in [1.165, 1.54) is 56.7 Å². The summed E-state index contributed by atoms with van der Waals surface area (Å²) in [5, 5.41) is 31.7. The van der Waals surface area contributed by atoms with Crippen LogP contribution in [0.2, 0.25) is 5.02 Å². The SMILES string of the molecule is COc1cc(C=CC2C3=CCC4C(=O)N(c5cccc(B(O)O)c5)C(=O)C4C3CC3C(=O)N(Nc4ccc(F)cc4)C(=O)C23c2ccc(Cl)cc2)cc(OC)c1O. The molecule has 8 rings (SSSR count). The van der Waals surface area contributed by atoms with Gasteiger partial charge >= 0.3 is 7.12 Å². The molecule has 6 atom stereocenters. The molecule has 4 aromatic carbocycles. The molecule has 2 aliphatic heterocycles. The number of nitrogens with one attached hydrogen (secondary N) is 1. The fraction of sp³-hybridized carbons (Fsp3) is 0.238. The van der Waals surface area contributed by atoms with Crippen molar-refractivity contribution in [2.24, 2.45) is 29.6 Å². The van der Waals surface area contributed by atoms with Gasteiger partial charge in [0.25, 0.3) is 11.8 Å². The molecule has 1 saturated carbocycles. The van der Waals surface area contributed by atoms with Crippen molar-refractivity contribution in [2.45, 2.75) is 18.3 Å². The number of anilines is 2. The Morgan fingerprint density at radius 3 is 2.23 bits per heavy atom. The van der Waals surface area contributed by atoms with Gasteiger partial charge in [-0.3, -0.25) is 29.5 Å². The van der Waals surface area contributed by atoms with E-state index in [0.29, 0.717) is 21.7 Å². The van der Waals surface area contributed by atoms with E-state index in [-0.39, 0.29) is 46.9 Å². The second-order valence-corrected chi connectivity index (χ2v) is 15.0. The third-order valence-corrected chi connectivity index (χ3v) is 12.0. The first-order valence-corrected chi connectivity index (χ1v) is 18.6. The van der Waals surface area contributed by atoms with Crippen LogP contribution in [-0.2, 0) is 24.6 Å². The normalized spacial score (nSPS) is 25.3. The third-order valence-electron chi connectivity index (χ3n) is 11.7. The Labute approximate surface area is 331 Å². The van der Waals surface area contributed by atoms with Crippen LogP contribution in [0.3, 0.4) is 0 Å². The van der Waals surface area contributed by atoms with Crippen molar-refractivity contribution in [3.05, 3.63) is 125 Å². The number of hydrogen-bond acceptors (Lipinski definition) is 10. The predicted octanol–water partition coefficient (Wildman–Crippen LogP) is 4.62. The van der Waals surface area contributed by atoms with E-state index < -0.39 is 71.6 Å². The Morgan fingerprint density at radius 1 is 0.895 bits per heavy atom. The molecule has 2 saturated heterocycles. The lowest BCUT2D eigenvalue weighted by Crippen LogP contribution is -2.54. The minimum absolute atomic E-state index is 0.0231. The van der Waals surface area contributed by atoms with Crippen LogP contribution in [0.4, 0.5) is 15.8 Å². The van der Waals surface area contributed by atoms with Crippen LogP contribution in [0, 0.1) is 35.4 Å². The molecule has 0 spiro atoms. The molecule has 12 nitrogen and oxygen atoms in total. The number of ether oxygens (including phenoxy) is 2. The standard InChI is InChI=1S/C42H36BClFN3O9/c1-56-34-18-22(19-35(57-2)37(34)49)6-17-32-29-15-16-30-36(40(52)47(38(30)50)28-5-3-4-24(20-28)43(54)55)31(29)21-33-39(51)48(46-27-13-11-26(45)12-14-27)41(53)42(32,33)23-7-9-25(44)10-8-23/h3-15,17-20,30-33,36,46,49,54-55H,16,21H2,1-2H3. The molecular formula is C42H36BClFN3O9. The van der Waals surface area contributed by atoms with Crippen LogP contribution < -0.4 is 25.3 Å². The molecule has 2 aliphatic carbocycles. The Kier molecular flexibility index (Phi) is 9.67. The largest absolute Gasteiger partial charge is 0.502 e. The number of methoxy groups -OCH3 is 2. The summed E-state index contributed by atoms with van der Waals surface area (Å²) in [6.07, 6.45) is 5.60. The number of benzene rings is 4. The monoisotopic (exact) mass is 791 g/mol. The van der Waals surface area contributed by atoms with Crippen LogP contribution in [0.1, 0.15) is 24.0 Å². The number of allylic oxidation sites excluding steroid dienone is 3. The smallest absolute Gasteiger partial charge is 0.488 e. The molecule has 4 aliphatic rings. The molecular weight excluding hydrogens is 756 g/mol.